The van der Waals surface area contributed by atoms with Crippen LogP contribution in [0, 0.1) is 29.1 Å². The van der Waals surface area contributed by atoms with Gasteiger partial charge in [0.2, 0.25) is 0 Å². The summed E-state index contributed by atoms with van der Waals surface area (Å²) in [6, 6.07) is 20.5. The number of aromatic nitrogens is 6. The summed E-state index contributed by atoms with van der Waals surface area (Å²) in [5.41, 5.74) is 7.81. The van der Waals surface area contributed by atoms with E-state index in [-0.39, 0.29) is 41.8 Å². The molecule has 6 aromatic rings. The van der Waals surface area contributed by atoms with Gasteiger partial charge in [-0.15, -0.1) is 0 Å². The molecule has 9 atom stereocenters. The van der Waals surface area contributed by atoms with Crippen molar-refractivity contribution in [3.8, 4) is 22.5 Å². The van der Waals surface area contributed by atoms with Crippen molar-refractivity contribution in [2.24, 2.45) is 29.1 Å². The lowest BCUT2D eigenvalue weighted by Crippen LogP contribution is -2.39. The number of fused-ring (bicyclic) bond motifs is 5. The molecule has 3 aliphatic heterocycles. The van der Waals surface area contributed by atoms with E-state index in [9.17, 15) is 9.59 Å². The normalized spacial score (nSPS) is 29.9. The number of aromatic amines is 2. The fourth-order valence-electron chi connectivity index (χ4n) is 10.3. The van der Waals surface area contributed by atoms with Crippen LogP contribution in [-0.4, -0.2) is 75.2 Å². The van der Waals surface area contributed by atoms with E-state index in [0.717, 1.165) is 73.7 Å². The zero-order chi connectivity index (χ0) is 38.8. The van der Waals surface area contributed by atoms with Crippen LogP contribution in [0.2, 0.25) is 0 Å². The molecule has 0 radical (unpaired) electrons. The molecule has 0 spiro atoms. The number of H-pyrrole nitrogens is 2. The van der Waals surface area contributed by atoms with E-state index in [0.29, 0.717) is 23.7 Å². The molecule has 3 saturated carbocycles. The Hall–Kier alpha value is -5.52. The number of amides is 2. The number of nitrogens with zero attached hydrogens (tertiary/aromatic N) is 6. The van der Waals surface area contributed by atoms with Crippen molar-refractivity contribution in [3.63, 3.8) is 0 Å². The minimum atomic E-state index is -0.562. The summed E-state index contributed by atoms with van der Waals surface area (Å²) < 4.78 is 11.6. The van der Waals surface area contributed by atoms with Gasteiger partial charge in [-0.25, -0.2) is 29.5 Å². The van der Waals surface area contributed by atoms with Crippen LogP contribution >= 0.6 is 0 Å². The molecule has 6 aliphatic rings. The van der Waals surface area contributed by atoms with Crippen molar-refractivity contribution in [1.29, 1.82) is 0 Å². The molecule has 2 amide bonds. The lowest BCUT2D eigenvalue weighted by atomic mass is 10.0. The van der Waals surface area contributed by atoms with Crippen LogP contribution in [0.5, 0.6) is 0 Å². The van der Waals surface area contributed by atoms with E-state index in [1.54, 1.807) is 0 Å². The molecule has 3 saturated heterocycles. The number of nitrogens with one attached hydrogen (secondary N) is 2. The first-order chi connectivity index (χ1) is 26.6. The van der Waals surface area contributed by atoms with Crippen molar-refractivity contribution in [1.82, 2.24) is 39.7 Å². The Morgan fingerprint density at radius 3 is 1.75 bits per heavy atom. The third kappa shape index (κ3) is 4.96. The molecular formula is C44H46N8O4. The summed E-state index contributed by atoms with van der Waals surface area (Å²) in [4.78, 5) is 57.5. The molecule has 7 heterocycles. The predicted octanol–water partition coefficient (Wildman–Crippen LogP) is 8.96. The third-order valence-corrected chi connectivity index (χ3v) is 13.1. The Bertz CT molecular complexity index is 2670. The number of hydrogen-bond acceptors (Lipinski definition) is 8. The summed E-state index contributed by atoms with van der Waals surface area (Å²) in [6.07, 6.45) is 0.354. The van der Waals surface area contributed by atoms with Crippen LogP contribution in [0.1, 0.15) is 85.5 Å². The summed E-state index contributed by atoms with van der Waals surface area (Å²) >= 11 is 0. The van der Waals surface area contributed by atoms with Gasteiger partial charge in [-0.1, -0.05) is 26.0 Å². The monoisotopic (exact) mass is 750 g/mol. The van der Waals surface area contributed by atoms with E-state index < -0.39 is 11.2 Å². The summed E-state index contributed by atoms with van der Waals surface area (Å²) in [6.45, 7) is 15.9. The number of carbonyl (C=O) groups excluding carboxylic acids is 2. The molecule has 12 heteroatoms. The maximum Gasteiger partial charge on any atom is 0.411 e. The van der Waals surface area contributed by atoms with Gasteiger partial charge in [0.1, 0.15) is 22.9 Å². The van der Waals surface area contributed by atoms with Gasteiger partial charge in [-0.2, -0.15) is 0 Å². The van der Waals surface area contributed by atoms with E-state index in [1.807, 2.05) is 99.9 Å². The average Bonchev–Trinajstić information content (AvgIpc) is 3.73. The number of rotatable bonds is 4. The number of ether oxygens (including phenoxy) is 2. The van der Waals surface area contributed by atoms with E-state index in [2.05, 4.69) is 35.9 Å². The first kappa shape index (κ1) is 33.8. The smallest absolute Gasteiger partial charge is 0.411 e. The molecule has 12 nitrogen and oxygen atoms in total. The Balaban J connectivity index is 0.840. The predicted molar refractivity (Wildman–Crippen MR) is 211 cm³/mol. The standard InChI is InChI=1S/C44H46N8O4/c1-20-23-19-32(51(35(20)23)40(53)55-42(2,3)4)38-47-28-11-9-21(17-30(28)49-38)24-13-15-27-26(45-24)16-14-25(46-27)22-10-12-29-31(18-22)50-39(48-29)36-33-34-37(44(33,34)8)52(36)41(54)56-43(5,6)7/h9-18,20,23,32-37H,19H2,1-8H3,(H,47,49)(H,48,50)/t20-,23+,32+,33?,34-,35-,36+,37?,44-/m1/s1. The highest BCUT2D eigenvalue weighted by Crippen LogP contribution is 2.90. The first-order valence-electron chi connectivity index (χ1n) is 19.9. The van der Waals surface area contributed by atoms with Gasteiger partial charge in [0.05, 0.1) is 56.6 Å². The molecular weight excluding hydrogens is 705 g/mol. The van der Waals surface area contributed by atoms with Gasteiger partial charge in [0.25, 0.3) is 0 Å². The van der Waals surface area contributed by atoms with Crippen LogP contribution in [0.25, 0.3) is 55.6 Å². The van der Waals surface area contributed by atoms with Crippen molar-refractivity contribution < 1.29 is 19.1 Å². The Kier molecular flexibility index (Phi) is 6.55. The van der Waals surface area contributed by atoms with E-state index >= 15 is 0 Å². The Morgan fingerprint density at radius 2 is 1.20 bits per heavy atom. The first-order valence-corrected chi connectivity index (χ1v) is 19.9. The average molecular weight is 751 g/mol. The van der Waals surface area contributed by atoms with Gasteiger partial charge < -0.3 is 19.4 Å². The quantitative estimate of drug-likeness (QED) is 0.182. The molecule has 4 aromatic heterocycles. The Labute approximate surface area is 324 Å². The summed E-state index contributed by atoms with van der Waals surface area (Å²) in [7, 11) is 0. The van der Waals surface area contributed by atoms with Gasteiger partial charge in [-0.3, -0.25) is 9.80 Å². The van der Waals surface area contributed by atoms with Crippen molar-refractivity contribution in [3.05, 3.63) is 72.3 Å². The SMILES string of the molecule is C[C@@H]1[C@@H]2C[C@@H](c3nc4ccc(-c5ccc6nc(-c7ccc8nc([C@@H]9C%10[C@@H]%11C(N9C(=O)OC(C)(C)C)[C@]%10%11C)[nH]c8c7)ccc6n5)cc4[nH]3)N(C(=O)OC(C)(C)C)[C@H]12. The van der Waals surface area contributed by atoms with Crippen molar-refractivity contribution in [2.75, 3.05) is 0 Å². The number of likely N-dealkylation sites (tertiary alicyclic amines) is 1. The number of piperidine rings is 2. The zero-order valence-electron chi connectivity index (χ0n) is 32.9. The van der Waals surface area contributed by atoms with Gasteiger partial charge >= 0.3 is 12.2 Å². The topological polar surface area (TPSA) is 142 Å². The molecule has 3 aliphatic carbocycles. The molecule has 6 fully saturated rings. The maximum absolute atomic E-state index is 13.3. The Morgan fingerprint density at radius 1 is 0.696 bits per heavy atom. The van der Waals surface area contributed by atoms with Crippen LogP contribution in [0.4, 0.5) is 9.59 Å². The molecule has 12 rings (SSSR count). The highest BCUT2D eigenvalue weighted by Gasteiger charge is 2.94. The maximum atomic E-state index is 13.3. The molecule has 286 valence electrons. The number of imidazole rings is 2. The number of hydrogen-bond donors (Lipinski definition) is 2. The zero-order valence-corrected chi connectivity index (χ0v) is 32.9. The largest absolute Gasteiger partial charge is 0.444 e. The van der Waals surface area contributed by atoms with Crippen LogP contribution in [0.3, 0.4) is 0 Å². The lowest BCUT2D eigenvalue weighted by molar-refractivity contribution is 0.0157. The number of pyridine rings is 2. The fourth-order valence-corrected chi connectivity index (χ4v) is 10.3. The molecule has 2 bridgehead atoms. The molecule has 56 heavy (non-hydrogen) atoms. The second-order valence-electron chi connectivity index (χ2n) is 19.0. The number of benzene rings is 2. The summed E-state index contributed by atoms with van der Waals surface area (Å²) in [5, 5.41) is 0. The van der Waals surface area contributed by atoms with Crippen molar-refractivity contribution >= 4 is 45.3 Å². The highest BCUT2D eigenvalue weighted by atomic mass is 16.6. The van der Waals surface area contributed by atoms with Gasteiger partial charge in [0.15, 0.2) is 0 Å². The minimum absolute atomic E-state index is 0.105. The van der Waals surface area contributed by atoms with Crippen molar-refractivity contribution in [2.45, 2.75) is 97.2 Å². The second-order valence-corrected chi connectivity index (χ2v) is 19.0. The summed E-state index contributed by atoms with van der Waals surface area (Å²) in [5.74, 6) is 3.52. The lowest BCUT2D eigenvalue weighted by Gasteiger charge is -2.30. The molecule has 2 unspecified atom stereocenters. The molecule has 2 aromatic carbocycles. The van der Waals surface area contributed by atoms with Gasteiger partial charge in [-0.05, 0) is 126 Å². The third-order valence-electron chi connectivity index (χ3n) is 13.1. The number of carbonyl (C=O) groups is 2. The second kappa shape index (κ2) is 10.9. The molecule has 2 N–H and O–H groups in total. The minimum Gasteiger partial charge on any atom is -0.444 e. The van der Waals surface area contributed by atoms with Crippen LogP contribution < -0.4 is 0 Å². The van der Waals surface area contributed by atoms with E-state index in [4.69, 9.17) is 29.4 Å². The van der Waals surface area contributed by atoms with Gasteiger partial charge in [0, 0.05) is 23.2 Å². The van der Waals surface area contributed by atoms with Crippen LogP contribution in [-0.2, 0) is 9.47 Å². The van der Waals surface area contributed by atoms with E-state index in [1.165, 1.54) is 0 Å². The van der Waals surface area contributed by atoms with Crippen LogP contribution in [0.15, 0.2) is 60.7 Å². The highest BCUT2D eigenvalue weighted by molar-refractivity contribution is 5.87. The fraction of sp³-hybridized carbons (Fsp3) is 0.455.